The minimum Gasteiger partial charge on any atom is -0.480 e. The fraction of sp³-hybridized carbons (Fsp3) is 0.520. The molecule has 2 rings (SSSR count). The molecule has 4 unspecified atom stereocenters. The molecule has 4 atom stereocenters. The molecule has 0 fully saturated rings. The van der Waals surface area contributed by atoms with Gasteiger partial charge in [0.15, 0.2) is 0 Å². The second-order valence-electron chi connectivity index (χ2n) is 8.94. The Morgan fingerprint density at radius 3 is 2.24 bits per heavy atom. The number of nitrogens with one attached hydrogen (secondary N) is 4. The largest absolute Gasteiger partial charge is 0.480 e. The first-order valence-electron chi connectivity index (χ1n) is 12.5. The first-order valence-corrected chi connectivity index (χ1v) is 13.9. The van der Waals surface area contributed by atoms with Crippen molar-refractivity contribution in [3.63, 3.8) is 0 Å². The van der Waals surface area contributed by atoms with Crippen molar-refractivity contribution in [3.05, 3.63) is 36.0 Å². The highest BCUT2D eigenvalue weighted by molar-refractivity contribution is 7.98. The zero-order valence-electron chi connectivity index (χ0n) is 21.4. The molecule has 0 saturated heterocycles. The smallest absolute Gasteiger partial charge is 0.326 e. The minimum absolute atomic E-state index is 0.0467. The summed E-state index contributed by atoms with van der Waals surface area (Å²) in [4.78, 5) is 53.6. The number of fused-ring (bicyclic) bond motifs is 1. The number of carbonyl (C=O) groups is 4. The molecule has 0 saturated carbocycles. The molecular weight excluding hydrogens is 512 g/mol. The van der Waals surface area contributed by atoms with Crippen LogP contribution in [0.3, 0.4) is 0 Å². The Bertz CT molecular complexity index is 1080. The van der Waals surface area contributed by atoms with Crippen LogP contribution in [0.25, 0.3) is 10.9 Å². The predicted molar refractivity (Wildman–Crippen MR) is 146 cm³/mol. The van der Waals surface area contributed by atoms with Crippen molar-refractivity contribution in [1.29, 1.82) is 0 Å². The van der Waals surface area contributed by atoms with E-state index in [0.717, 1.165) is 16.5 Å². The van der Waals surface area contributed by atoms with Crippen LogP contribution in [-0.2, 0) is 25.6 Å². The summed E-state index contributed by atoms with van der Waals surface area (Å²) in [5.74, 6) is -2.62. The lowest BCUT2D eigenvalue weighted by atomic mass is 10.0. The lowest BCUT2D eigenvalue weighted by Crippen LogP contribution is -2.57. The number of unbranched alkanes of at least 4 members (excludes halogenated alkanes) is 1. The number of carboxylic acid groups (broad SMARTS) is 1. The number of hydrogen-bond acceptors (Lipinski definition) is 8. The Balaban J connectivity index is 2.15. The molecule has 0 spiro atoms. The number of nitrogens with two attached hydrogens (primary N) is 2. The van der Waals surface area contributed by atoms with Crippen LogP contribution >= 0.6 is 11.8 Å². The molecule has 1 aromatic carbocycles. The Morgan fingerprint density at radius 1 is 0.974 bits per heavy atom. The number of amides is 3. The number of aliphatic carboxylic acids is 1. The van der Waals surface area contributed by atoms with Crippen molar-refractivity contribution in [1.82, 2.24) is 20.9 Å². The molecule has 1 aromatic heterocycles. The van der Waals surface area contributed by atoms with Crippen LogP contribution in [0.1, 0.15) is 31.2 Å². The van der Waals surface area contributed by atoms with E-state index in [2.05, 4.69) is 20.9 Å². The van der Waals surface area contributed by atoms with Crippen molar-refractivity contribution in [2.24, 2.45) is 11.5 Å². The maximum Gasteiger partial charge on any atom is 0.326 e. The highest BCUT2D eigenvalue weighted by Crippen LogP contribution is 2.19. The van der Waals surface area contributed by atoms with E-state index in [1.165, 1.54) is 11.8 Å². The number of benzene rings is 1. The second kappa shape index (κ2) is 16.0. The average Bonchev–Trinajstić information content (AvgIpc) is 3.31. The van der Waals surface area contributed by atoms with Gasteiger partial charge in [-0.05, 0) is 55.9 Å². The number of rotatable bonds is 17. The van der Waals surface area contributed by atoms with Gasteiger partial charge in [0.25, 0.3) is 0 Å². The number of aromatic amines is 1. The van der Waals surface area contributed by atoms with Gasteiger partial charge >= 0.3 is 5.97 Å². The van der Waals surface area contributed by atoms with E-state index in [4.69, 9.17) is 16.6 Å². The summed E-state index contributed by atoms with van der Waals surface area (Å²) in [7, 11) is 0. The summed E-state index contributed by atoms with van der Waals surface area (Å²) in [6.45, 7) is -0.182. The Hall–Kier alpha value is -3.13. The van der Waals surface area contributed by atoms with Gasteiger partial charge in [-0.2, -0.15) is 11.8 Å². The van der Waals surface area contributed by atoms with Crippen molar-refractivity contribution in [3.8, 4) is 0 Å². The topological polar surface area (TPSA) is 213 Å². The van der Waals surface area contributed by atoms with Crippen molar-refractivity contribution in [2.75, 3.05) is 25.2 Å². The Kier molecular flexibility index (Phi) is 13.1. The lowest BCUT2D eigenvalue weighted by Gasteiger charge is -2.25. The number of carbonyl (C=O) groups excluding carboxylic acids is 3. The quantitative estimate of drug-likeness (QED) is 0.119. The standard InChI is InChI=1S/C25H38N6O6S/c1-38-11-9-20(30-23(34)19(8-4-5-10-26)29-22(33)17(27)14-32)24(35)31-21(25(36)37)12-15-13-28-18-7-3-2-6-16(15)18/h2-3,6-7,13,17,19-21,28,32H,4-5,8-12,14,26-27H2,1H3,(H,29,33)(H,30,34)(H,31,35)(H,36,37). The number of aliphatic hydroxyl groups is 1. The van der Waals surface area contributed by atoms with E-state index < -0.39 is 54.5 Å². The maximum atomic E-state index is 13.2. The van der Waals surface area contributed by atoms with E-state index >= 15 is 0 Å². The molecule has 0 bridgehead atoms. The van der Waals surface area contributed by atoms with E-state index in [1.807, 2.05) is 30.5 Å². The molecule has 3 amide bonds. The van der Waals surface area contributed by atoms with Crippen molar-refractivity contribution >= 4 is 46.4 Å². The lowest BCUT2D eigenvalue weighted by molar-refractivity contribution is -0.142. The van der Waals surface area contributed by atoms with Crippen LogP contribution < -0.4 is 27.4 Å². The molecule has 0 aliphatic carbocycles. The van der Waals surface area contributed by atoms with Gasteiger partial charge < -0.3 is 42.6 Å². The number of aromatic nitrogens is 1. The summed E-state index contributed by atoms with van der Waals surface area (Å²) < 4.78 is 0. The van der Waals surface area contributed by atoms with Gasteiger partial charge in [0.2, 0.25) is 17.7 Å². The van der Waals surface area contributed by atoms with Gasteiger partial charge in [-0.15, -0.1) is 0 Å². The molecule has 38 heavy (non-hydrogen) atoms. The van der Waals surface area contributed by atoms with E-state index in [9.17, 15) is 24.3 Å². The average molecular weight is 551 g/mol. The van der Waals surface area contributed by atoms with Crippen molar-refractivity contribution in [2.45, 2.75) is 56.3 Å². The van der Waals surface area contributed by atoms with Crippen LogP contribution in [-0.4, -0.2) is 88.2 Å². The number of carboxylic acids is 1. The van der Waals surface area contributed by atoms with Crippen molar-refractivity contribution < 1.29 is 29.4 Å². The molecule has 10 N–H and O–H groups in total. The zero-order chi connectivity index (χ0) is 28.1. The highest BCUT2D eigenvalue weighted by atomic mass is 32.2. The van der Waals surface area contributed by atoms with Crippen LogP contribution in [0.2, 0.25) is 0 Å². The fourth-order valence-electron chi connectivity index (χ4n) is 3.89. The number of H-pyrrole nitrogens is 1. The highest BCUT2D eigenvalue weighted by Gasteiger charge is 2.30. The summed E-state index contributed by atoms with van der Waals surface area (Å²) in [6.07, 6.45) is 5.27. The molecule has 0 radical (unpaired) electrons. The van der Waals surface area contributed by atoms with E-state index in [1.54, 1.807) is 6.20 Å². The first kappa shape index (κ1) is 31.1. The molecule has 0 aliphatic rings. The third kappa shape index (κ3) is 9.31. The summed E-state index contributed by atoms with van der Waals surface area (Å²) in [6, 6.07) is 2.99. The first-order chi connectivity index (χ1) is 18.2. The Morgan fingerprint density at radius 2 is 1.61 bits per heavy atom. The zero-order valence-corrected chi connectivity index (χ0v) is 22.3. The van der Waals surface area contributed by atoms with Crippen LogP contribution in [0.5, 0.6) is 0 Å². The number of thioether (sulfide) groups is 1. The SMILES string of the molecule is CSCCC(NC(=O)C(CCCCN)NC(=O)C(N)CO)C(=O)NC(Cc1c[nH]c2ccccc12)C(=O)O. The normalized spacial score (nSPS) is 14.3. The van der Waals surface area contributed by atoms with Gasteiger partial charge in [0, 0.05) is 23.5 Å². The van der Waals surface area contributed by atoms with Gasteiger partial charge in [-0.3, -0.25) is 14.4 Å². The molecular formula is C25H38N6O6S. The number of aliphatic hydroxyl groups excluding tert-OH is 1. The molecule has 0 aliphatic heterocycles. The number of para-hydroxylation sites is 1. The molecule has 210 valence electrons. The monoisotopic (exact) mass is 550 g/mol. The summed E-state index contributed by atoms with van der Waals surface area (Å²) in [5.41, 5.74) is 12.7. The molecule has 12 nitrogen and oxygen atoms in total. The fourth-order valence-corrected chi connectivity index (χ4v) is 4.36. The third-order valence-electron chi connectivity index (χ3n) is 6.07. The summed E-state index contributed by atoms with van der Waals surface area (Å²) in [5, 5.41) is 27.6. The predicted octanol–water partition coefficient (Wildman–Crippen LogP) is -0.549. The second-order valence-corrected chi connectivity index (χ2v) is 9.93. The summed E-state index contributed by atoms with van der Waals surface area (Å²) >= 11 is 1.47. The van der Waals surface area contributed by atoms with Gasteiger partial charge in [-0.1, -0.05) is 18.2 Å². The van der Waals surface area contributed by atoms with Crippen LogP contribution in [0.4, 0.5) is 0 Å². The van der Waals surface area contributed by atoms with E-state index in [-0.39, 0.29) is 19.3 Å². The van der Waals surface area contributed by atoms with Crippen LogP contribution in [0.15, 0.2) is 30.5 Å². The Labute approximate surface area is 225 Å². The molecule has 1 heterocycles. The van der Waals surface area contributed by atoms with Gasteiger partial charge in [-0.25, -0.2) is 4.79 Å². The molecule has 13 heteroatoms. The number of hydrogen-bond donors (Lipinski definition) is 8. The molecule has 2 aromatic rings. The minimum atomic E-state index is -1.22. The van der Waals surface area contributed by atoms with E-state index in [0.29, 0.717) is 25.1 Å². The van der Waals surface area contributed by atoms with Gasteiger partial charge in [0.1, 0.15) is 24.2 Å². The third-order valence-corrected chi connectivity index (χ3v) is 6.71. The maximum absolute atomic E-state index is 13.2. The van der Waals surface area contributed by atoms with Crippen LogP contribution in [0, 0.1) is 0 Å². The van der Waals surface area contributed by atoms with Gasteiger partial charge in [0.05, 0.1) is 6.61 Å².